The molecular weight excluding hydrogens is 184 g/mol. The summed E-state index contributed by atoms with van der Waals surface area (Å²) in [4.78, 5) is 0. The third-order valence-corrected chi connectivity index (χ3v) is 3.14. The van der Waals surface area contributed by atoms with Crippen molar-refractivity contribution >= 4 is 5.69 Å². The second-order valence-corrected chi connectivity index (χ2v) is 4.42. The van der Waals surface area contributed by atoms with E-state index in [0.717, 1.165) is 18.7 Å². The van der Waals surface area contributed by atoms with Crippen LogP contribution in [0.5, 0.6) is 0 Å². The van der Waals surface area contributed by atoms with Gasteiger partial charge in [0.1, 0.15) is 0 Å². The summed E-state index contributed by atoms with van der Waals surface area (Å²) in [6, 6.07) is 7.00. The van der Waals surface area contributed by atoms with Gasteiger partial charge in [-0.1, -0.05) is 13.0 Å². The topological polar surface area (TPSA) is 38.0 Å². The number of nitrogens with one attached hydrogen (secondary N) is 1. The fourth-order valence-corrected chi connectivity index (χ4v) is 2.30. The number of benzene rings is 1. The Bertz CT molecular complexity index is 333. The molecule has 0 fully saturated rings. The highest BCUT2D eigenvalue weighted by molar-refractivity contribution is 5.45. The number of aryl methyl sites for hydroxylation is 1. The van der Waals surface area contributed by atoms with Gasteiger partial charge in [-0.05, 0) is 55.5 Å². The Morgan fingerprint density at radius 3 is 3.07 bits per heavy atom. The Morgan fingerprint density at radius 1 is 1.40 bits per heavy atom. The lowest BCUT2D eigenvalue weighted by Gasteiger charge is -2.25. The number of hydrogen-bond acceptors (Lipinski definition) is 2. The summed E-state index contributed by atoms with van der Waals surface area (Å²) in [5, 5.41) is 3.60. The van der Waals surface area contributed by atoms with Crippen LogP contribution in [0.1, 0.15) is 30.9 Å². The monoisotopic (exact) mass is 204 g/mol. The Morgan fingerprint density at radius 2 is 2.27 bits per heavy atom. The molecule has 1 aliphatic carbocycles. The molecule has 0 saturated carbocycles. The summed E-state index contributed by atoms with van der Waals surface area (Å²) in [5.41, 5.74) is 9.60. The molecule has 0 saturated heterocycles. The Balaban J connectivity index is 2.03. The molecule has 0 heterocycles. The molecule has 0 unspecified atom stereocenters. The summed E-state index contributed by atoms with van der Waals surface area (Å²) in [5.74, 6) is 0. The first-order valence-electron chi connectivity index (χ1n) is 5.90. The van der Waals surface area contributed by atoms with Crippen molar-refractivity contribution in [2.75, 3.05) is 12.3 Å². The van der Waals surface area contributed by atoms with Crippen LogP contribution in [-0.4, -0.2) is 12.6 Å². The van der Waals surface area contributed by atoms with Gasteiger partial charge in [-0.15, -0.1) is 0 Å². The molecule has 1 aromatic carbocycles. The average Bonchev–Trinajstić information content (AvgIpc) is 2.26. The zero-order valence-electron chi connectivity index (χ0n) is 9.42. The second-order valence-electron chi connectivity index (χ2n) is 4.42. The highest BCUT2D eigenvalue weighted by Crippen LogP contribution is 2.23. The second kappa shape index (κ2) is 4.67. The van der Waals surface area contributed by atoms with Crippen LogP contribution in [0.25, 0.3) is 0 Å². The summed E-state index contributed by atoms with van der Waals surface area (Å²) in [6.45, 7) is 3.35. The molecule has 0 spiro atoms. The lowest BCUT2D eigenvalue weighted by molar-refractivity contribution is 0.459. The van der Waals surface area contributed by atoms with E-state index >= 15 is 0 Å². The molecule has 2 rings (SSSR count). The van der Waals surface area contributed by atoms with Crippen molar-refractivity contribution in [2.24, 2.45) is 0 Å². The van der Waals surface area contributed by atoms with E-state index in [1.54, 1.807) is 0 Å². The van der Waals surface area contributed by atoms with Gasteiger partial charge in [0, 0.05) is 11.7 Å². The van der Waals surface area contributed by atoms with Gasteiger partial charge in [-0.2, -0.15) is 0 Å². The van der Waals surface area contributed by atoms with Gasteiger partial charge in [0.15, 0.2) is 0 Å². The van der Waals surface area contributed by atoms with E-state index in [1.165, 1.54) is 30.4 Å². The smallest absolute Gasteiger partial charge is 0.0316 e. The first-order valence-corrected chi connectivity index (χ1v) is 5.90. The molecule has 1 atom stereocenters. The third kappa shape index (κ3) is 2.51. The standard InChI is InChI=1S/C13H20N2/c1-2-7-15-13-6-4-10-8-12(14)5-3-11(10)9-13/h3,5,8,13,15H,2,4,6-7,9,14H2,1H3/t13-/m1/s1. The summed E-state index contributed by atoms with van der Waals surface area (Å²) in [7, 11) is 0. The molecule has 1 aromatic rings. The van der Waals surface area contributed by atoms with Crippen molar-refractivity contribution in [3.63, 3.8) is 0 Å². The first kappa shape index (κ1) is 10.5. The van der Waals surface area contributed by atoms with Gasteiger partial charge in [0.25, 0.3) is 0 Å². The van der Waals surface area contributed by atoms with Crippen molar-refractivity contribution in [3.05, 3.63) is 29.3 Å². The maximum Gasteiger partial charge on any atom is 0.0316 e. The number of rotatable bonds is 3. The van der Waals surface area contributed by atoms with Gasteiger partial charge in [0.2, 0.25) is 0 Å². The number of fused-ring (bicyclic) bond motifs is 1. The van der Waals surface area contributed by atoms with Crippen molar-refractivity contribution in [2.45, 2.75) is 38.6 Å². The van der Waals surface area contributed by atoms with E-state index in [0.29, 0.717) is 6.04 Å². The van der Waals surface area contributed by atoms with Crippen LogP contribution in [0.2, 0.25) is 0 Å². The Labute approximate surface area is 91.9 Å². The maximum atomic E-state index is 5.78. The van der Waals surface area contributed by atoms with E-state index in [4.69, 9.17) is 5.73 Å². The largest absolute Gasteiger partial charge is 0.399 e. The molecule has 0 amide bonds. The zero-order chi connectivity index (χ0) is 10.7. The molecule has 0 radical (unpaired) electrons. The number of anilines is 1. The van der Waals surface area contributed by atoms with E-state index in [2.05, 4.69) is 24.4 Å². The lowest BCUT2D eigenvalue weighted by atomic mass is 9.88. The number of nitrogen functional groups attached to an aromatic ring is 1. The van der Waals surface area contributed by atoms with Gasteiger partial charge in [-0.25, -0.2) is 0 Å². The van der Waals surface area contributed by atoms with E-state index in [-0.39, 0.29) is 0 Å². The normalized spacial score (nSPS) is 19.9. The molecule has 3 N–H and O–H groups in total. The molecule has 82 valence electrons. The Hall–Kier alpha value is -1.02. The van der Waals surface area contributed by atoms with Gasteiger partial charge in [0.05, 0.1) is 0 Å². The van der Waals surface area contributed by atoms with Crippen LogP contribution in [0.4, 0.5) is 5.69 Å². The quantitative estimate of drug-likeness (QED) is 0.740. The molecule has 2 heteroatoms. The van der Waals surface area contributed by atoms with Crippen LogP contribution < -0.4 is 11.1 Å². The minimum Gasteiger partial charge on any atom is -0.399 e. The molecule has 0 aliphatic heterocycles. The van der Waals surface area contributed by atoms with E-state index in [9.17, 15) is 0 Å². The Kier molecular flexibility index (Phi) is 3.27. The SMILES string of the molecule is CCCN[C@@H]1CCc2cc(N)ccc2C1. The molecule has 2 nitrogen and oxygen atoms in total. The predicted molar refractivity (Wildman–Crippen MR) is 65.0 cm³/mol. The van der Waals surface area contributed by atoms with Gasteiger partial charge in [-0.3, -0.25) is 0 Å². The fourth-order valence-electron chi connectivity index (χ4n) is 2.30. The highest BCUT2D eigenvalue weighted by atomic mass is 14.9. The van der Waals surface area contributed by atoms with E-state index in [1.807, 2.05) is 6.07 Å². The summed E-state index contributed by atoms with van der Waals surface area (Å²) < 4.78 is 0. The molecular formula is C13H20N2. The predicted octanol–water partition coefficient (Wildman–Crippen LogP) is 2.13. The maximum absolute atomic E-state index is 5.78. The molecule has 15 heavy (non-hydrogen) atoms. The fraction of sp³-hybridized carbons (Fsp3) is 0.538. The number of hydrogen-bond donors (Lipinski definition) is 2. The van der Waals surface area contributed by atoms with Crippen LogP contribution >= 0.6 is 0 Å². The van der Waals surface area contributed by atoms with Gasteiger partial charge >= 0.3 is 0 Å². The van der Waals surface area contributed by atoms with Crippen molar-refractivity contribution in [1.29, 1.82) is 0 Å². The number of nitrogens with two attached hydrogens (primary N) is 1. The summed E-state index contributed by atoms with van der Waals surface area (Å²) >= 11 is 0. The molecule has 0 bridgehead atoms. The van der Waals surface area contributed by atoms with Crippen LogP contribution in [0.3, 0.4) is 0 Å². The third-order valence-electron chi connectivity index (χ3n) is 3.14. The molecule has 1 aliphatic rings. The van der Waals surface area contributed by atoms with Crippen molar-refractivity contribution < 1.29 is 0 Å². The van der Waals surface area contributed by atoms with Crippen LogP contribution in [-0.2, 0) is 12.8 Å². The van der Waals surface area contributed by atoms with Gasteiger partial charge < -0.3 is 11.1 Å². The molecule has 0 aromatic heterocycles. The average molecular weight is 204 g/mol. The van der Waals surface area contributed by atoms with Crippen LogP contribution in [0, 0.1) is 0 Å². The van der Waals surface area contributed by atoms with E-state index < -0.39 is 0 Å². The zero-order valence-corrected chi connectivity index (χ0v) is 9.42. The highest BCUT2D eigenvalue weighted by Gasteiger charge is 2.17. The van der Waals surface area contributed by atoms with Crippen LogP contribution in [0.15, 0.2) is 18.2 Å². The summed E-state index contributed by atoms with van der Waals surface area (Å²) in [6.07, 6.45) is 4.79. The van der Waals surface area contributed by atoms with Crippen molar-refractivity contribution in [3.8, 4) is 0 Å². The minimum atomic E-state index is 0.668. The lowest BCUT2D eigenvalue weighted by Crippen LogP contribution is -2.34. The first-order chi connectivity index (χ1) is 7.29. The minimum absolute atomic E-state index is 0.668. The van der Waals surface area contributed by atoms with Crippen molar-refractivity contribution in [1.82, 2.24) is 5.32 Å².